The van der Waals surface area contributed by atoms with Gasteiger partial charge in [0.05, 0.1) is 4.92 Å². The second-order valence-corrected chi connectivity index (χ2v) is 4.77. The van der Waals surface area contributed by atoms with Crippen LogP contribution >= 0.6 is 0 Å². The van der Waals surface area contributed by atoms with Crippen molar-refractivity contribution in [3.8, 4) is 17.2 Å². The Morgan fingerprint density at radius 2 is 1.87 bits per heavy atom. The van der Waals surface area contributed by atoms with Crippen molar-refractivity contribution in [2.45, 2.75) is 0 Å². The number of phenols is 1. The fraction of sp³-hybridized carbons (Fsp3) is 0.133. The van der Waals surface area contributed by atoms with E-state index in [1.807, 2.05) is 0 Å². The third-order valence-electron chi connectivity index (χ3n) is 3.23. The molecule has 118 valence electrons. The molecule has 1 heterocycles. The number of hydrogen-bond acceptors (Lipinski definition) is 6. The van der Waals surface area contributed by atoms with Crippen molar-refractivity contribution in [2.75, 3.05) is 18.5 Å². The Morgan fingerprint density at radius 1 is 1.13 bits per heavy atom. The number of nitro benzene ring substituents is 1. The summed E-state index contributed by atoms with van der Waals surface area (Å²) >= 11 is 0. The summed E-state index contributed by atoms with van der Waals surface area (Å²) < 4.78 is 10.8. The lowest BCUT2D eigenvalue weighted by Gasteiger charge is -2.19. The lowest BCUT2D eigenvalue weighted by Crippen LogP contribution is -2.16. The van der Waals surface area contributed by atoms with E-state index in [1.54, 1.807) is 18.2 Å². The second kappa shape index (κ2) is 5.84. The third-order valence-corrected chi connectivity index (χ3v) is 3.23. The van der Waals surface area contributed by atoms with Gasteiger partial charge >= 0.3 is 5.69 Å². The van der Waals surface area contributed by atoms with Gasteiger partial charge in [-0.2, -0.15) is 0 Å². The first-order chi connectivity index (χ1) is 11.0. The molecular formula is C15H12N2O6. The minimum atomic E-state index is -0.724. The lowest BCUT2D eigenvalue weighted by molar-refractivity contribution is -0.385. The SMILES string of the molecule is O=C(Nc1ccc2c(c1)OCCO2)c1ccc([N+](=O)[O-])c(O)c1. The van der Waals surface area contributed by atoms with E-state index in [1.165, 1.54) is 6.07 Å². The second-order valence-electron chi connectivity index (χ2n) is 4.77. The Hall–Kier alpha value is -3.29. The van der Waals surface area contributed by atoms with E-state index < -0.39 is 22.3 Å². The van der Waals surface area contributed by atoms with Gasteiger partial charge in [-0.15, -0.1) is 0 Å². The Kier molecular flexibility index (Phi) is 3.71. The van der Waals surface area contributed by atoms with E-state index in [0.29, 0.717) is 30.4 Å². The molecular weight excluding hydrogens is 304 g/mol. The van der Waals surface area contributed by atoms with Gasteiger partial charge in [0, 0.05) is 23.4 Å². The first kappa shape index (κ1) is 14.6. The zero-order valence-electron chi connectivity index (χ0n) is 11.8. The van der Waals surface area contributed by atoms with Crippen molar-refractivity contribution >= 4 is 17.3 Å². The number of nitro groups is 1. The number of phenolic OH excluding ortho intramolecular Hbond substituents is 1. The number of ether oxygens (including phenoxy) is 2. The van der Waals surface area contributed by atoms with Crippen LogP contribution in [0.15, 0.2) is 36.4 Å². The van der Waals surface area contributed by atoms with E-state index in [4.69, 9.17) is 9.47 Å². The standard InChI is InChI=1S/C15H12N2O6/c18-12-7-9(1-3-11(12)17(20)21)15(19)16-10-2-4-13-14(8-10)23-6-5-22-13/h1-4,7-8,18H,5-6H2,(H,16,19). The lowest BCUT2D eigenvalue weighted by atomic mass is 10.1. The van der Waals surface area contributed by atoms with Crippen molar-refractivity contribution < 1.29 is 24.3 Å². The zero-order valence-corrected chi connectivity index (χ0v) is 11.8. The van der Waals surface area contributed by atoms with Gasteiger partial charge in [-0.1, -0.05) is 0 Å². The number of fused-ring (bicyclic) bond motifs is 1. The van der Waals surface area contributed by atoms with E-state index in [0.717, 1.165) is 12.1 Å². The molecule has 0 aliphatic carbocycles. The number of carbonyl (C=O) groups is 1. The number of rotatable bonds is 3. The van der Waals surface area contributed by atoms with Crippen molar-refractivity contribution in [2.24, 2.45) is 0 Å². The number of nitrogens with zero attached hydrogens (tertiary/aromatic N) is 1. The number of aromatic hydroxyl groups is 1. The Balaban J connectivity index is 1.79. The fourth-order valence-electron chi connectivity index (χ4n) is 2.14. The molecule has 1 aliphatic rings. The molecule has 0 radical (unpaired) electrons. The summed E-state index contributed by atoms with van der Waals surface area (Å²) in [5.74, 6) is 0.0551. The molecule has 1 aliphatic heterocycles. The molecule has 2 N–H and O–H groups in total. The average molecular weight is 316 g/mol. The summed E-state index contributed by atoms with van der Waals surface area (Å²) in [6.07, 6.45) is 0. The summed E-state index contributed by atoms with van der Waals surface area (Å²) in [4.78, 5) is 22.1. The number of amides is 1. The summed E-state index contributed by atoms with van der Waals surface area (Å²) in [6, 6.07) is 8.34. The van der Waals surface area contributed by atoms with Crippen LogP contribution in [0.4, 0.5) is 11.4 Å². The predicted octanol–water partition coefficient (Wildman–Crippen LogP) is 2.32. The maximum atomic E-state index is 12.2. The highest BCUT2D eigenvalue weighted by Crippen LogP contribution is 2.33. The number of anilines is 1. The molecule has 0 saturated heterocycles. The van der Waals surface area contributed by atoms with Gasteiger partial charge in [0.15, 0.2) is 17.2 Å². The topological polar surface area (TPSA) is 111 Å². The van der Waals surface area contributed by atoms with Gasteiger partial charge < -0.3 is 19.9 Å². The van der Waals surface area contributed by atoms with Gasteiger partial charge in [0.2, 0.25) is 0 Å². The van der Waals surface area contributed by atoms with E-state index in [9.17, 15) is 20.0 Å². The average Bonchev–Trinajstić information content (AvgIpc) is 2.54. The highest BCUT2D eigenvalue weighted by atomic mass is 16.6. The maximum Gasteiger partial charge on any atom is 0.310 e. The molecule has 2 aromatic carbocycles. The molecule has 0 aromatic heterocycles. The minimum absolute atomic E-state index is 0.1000. The monoisotopic (exact) mass is 316 g/mol. The number of nitrogens with one attached hydrogen (secondary N) is 1. The van der Waals surface area contributed by atoms with Crippen molar-refractivity contribution in [3.63, 3.8) is 0 Å². The molecule has 8 heteroatoms. The smallest absolute Gasteiger partial charge is 0.310 e. The molecule has 0 bridgehead atoms. The fourth-order valence-corrected chi connectivity index (χ4v) is 2.14. The number of carbonyl (C=O) groups excluding carboxylic acids is 1. The van der Waals surface area contributed by atoms with Gasteiger partial charge in [0.25, 0.3) is 5.91 Å². The molecule has 3 rings (SSSR count). The van der Waals surface area contributed by atoms with Crippen LogP contribution in [0.3, 0.4) is 0 Å². The van der Waals surface area contributed by atoms with Crippen LogP contribution in [-0.4, -0.2) is 29.2 Å². The van der Waals surface area contributed by atoms with Crippen molar-refractivity contribution in [3.05, 3.63) is 52.1 Å². The van der Waals surface area contributed by atoms with Crippen molar-refractivity contribution in [1.82, 2.24) is 0 Å². The highest BCUT2D eigenvalue weighted by molar-refractivity contribution is 6.04. The van der Waals surface area contributed by atoms with Crippen LogP contribution in [0.5, 0.6) is 17.2 Å². The van der Waals surface area contributed by atoms with Crippen molar-refractivity contribution in [1.29, 1.82) is 0 Å². The largest absolute Gasteiger partial charge is 0.502 e. The van der Waals surface area contributed by atoms with Crippen LogP contribution in [0.2, 0.25) is 0 Å². The summed E-state index contributed by atoms with van der Waals surface area (Å²) in [7, 11) is 0. The van der Waals surface area contributed by atoms with E-state index >= 15 is 0 Å². The summed E-state index contributed by atoms with van der Waals surface area (Å²) in [6.45, 7) is 0.904. The van der Waals surface area contributed by atoms with E-state index in [2.05, 4.69) is 5.32 Å². The minimum Gasteiger partial charge on any atom is -0.502 e. The molecule has 0 spiro atoms. The molecule has 23 heavy (non-hydrogen) atoms. The van der Waals surface area contributed by atoms with Crippen LogP contribution < -0.4 is 14.8 Å². The predicted molar refractivity (Wildman–Crippen MR) is 80.1 cm³/mol. The zero-order chi connectivity index (χ0) is 16.4. The van der Waals surface area contributed by atoms with Gasteiger partial charge in [0.1, 0.15) is 13.2 Å². The third kappa shape index (κ3) is 3.00. The Morgan fingerprint density at radius 3 is 2.57 bits per heavy atom. The van der Waals surface area contributed by atoms with Crippen LogP contribution in [-0.2, 0) is 0 Å². The molecule has 0 atom stereocenters. The number of hydrogen-bond donors (Lipinski definition) is 2. The Labute approximate surface area is 130 Å². The molecule has 0 saturated carbocycles. The molecule has 0 fully saturated rings. The Bertz CT molecular complexity index is 790. The summed E-state index contributed by atoms with van der Waals surface area (Å²) in [5, 5.41) is 22.9. The summed E-state index contributed by atoms with van der Waals surface area (Å²) in [5.41, 5.74) is 0.126. The molecule has 1 amide bonds. The number of benzene rings is 2. The highest BCUT2D eigenvalue weighted by Gasteiger charge is 2.17. The van der Waals surface area contributed by atoms with Crippen LogP contribution in [0.1, 0.15) is 10.4 Å². The quantitative estimate of drug-likeness (QED) is 0.664. The molecule has 0 unspecified atom stereocenters. The maximum absolute atomic E-state index is 12.2. The van der Waals surface area contributed by atoms with Crippen LogP contribution in [0, 0.1) is 10.1 Å². The van der Waals surface area contributed by atoms with Gasteiger partial charge in [-0.3, -0.25) is 14.9 Å². The molecule has 2 aromatic rings. The normalized spacial score (nSPS) is 12.5. The first-order valence-corrected chi connectivity index (χ1v) is 6.73. The van der Waals surface area contributed by atoms with Gasteiger partial charge in [-0.25, -0.2) is 0 Å². The van der Waals surface area contributed by atoms with Crippen LogP contribution in [0.25, 0.3) is 0 Å². The van der Waals surface area contributed by atoms with E-state index in [-0.39, 0.29) is 5.56 Å². The molecule has 8 nitrogen and oxygen atoms in total. The first-order valence-electron chi connectivity index (χ1n) is 6.73. The van der Waals surface area contributed by atoms with Gasteiger partial charge in [-0.05, 0) is 24.3 Å².